The van der Waals surface area contributed by atoms with Crippen LogP contribution in [0.4, 0.5) is 11.5 Å². The third-order valence-electron chi connectivity index (χ3n) is 3.79. The number of carbonyl (C=O) groups excluding carboxylic acids is 1. The Balaban J connectivity index is 1.83. The van der Waals surface area contributed by atoms with E-state index in [0.29, 0.717) is 21.6 Å². The Morgan fingerprint density at radius 2 is 1.83 bits per heavy atom. The highest BCUT2D eigenvalue weighted by Gasteiger charge is 2.15. The van der Waals surface area contributed by atoms with Crippen molar-refractivity contribution in [3.05, 3.63) is 72.3 Å². The Bertz CT molecular complexity index is 1110. The molecule has 3 rings (SSSR count). The Morgan fingerprint density at radius 3 is 2.45 bits per heavy atom. The molecular formula is C19H15Br2ClN4O2S. The predicted octanol–water partition coefficient (Wildman–Crippen LogP) is 5.03. The van der Waals surface area contributed by atoms with Crippen LogP contribution in [0.3, 0.4) is 0 Å². The molecule has 0 aliphatic rings. The molecule has 0 bridgehead atoms. The van der Waals surface area contributed by atoms with Crippen LogP contribution in [-0.4, -0.2) is 21.2 Å². The average Bonchev–Trinajstić information content (AvgIpc) is 2.63. The minimum Gasteiger partial charge on any atom is -0.385 e. The molecule has 10 heteroatoms. The summed E-state index contributed by atoms with van der Waals surface area (Å²) in [5.74, 6) is 0.00908. The van der Waals surface area contributed by atoms with E-state index in [1.807, 2.05) is 19.1 Å². The Morgan fingerprint density at radius 1 is 1.21 bits per heavy atom. The molecule has 6 nitrogen and oxygen atoms in total. The summed E-state index contributed by atoms with van der Waals surface area (Å²) < 4.78 is 3.14. The number of thioether (sulfide) groups is 1. The number of nitrogens with two attached hydrogens (primary N) is 1. The van der Waals surface area contributed by atoms with Crippen LogP contribution in [0.25, 0.3) is 5.69 Å². The van der Waals surface area contributed by atoms with Crippen LogP contribution in [0.1, 0.15) is 5.56 Å². The number of nitrogens with zero attached hydrogens (tertiary/aromatic N) is 2. The first-order chi connectivity index (χ1) is 13.7. The molecule has 29 heavy (non-hydrogen) atoms. The molecule has 0 saturated heterocycles. The highest BCUT2D eigenvalue weighted by atomic mass is 79.9. The molecule has 3 aromatic rings. The van der Waals surface area contributed by atoms with E-state index in [0.717, 1.165) is 26.3 Å². The monoisotopic (exact) mass is 556 g/mol. The fourth-order valence-electron chi connectivity index (χ4n) is 2.55. The van der Waals surface area contributed by atoms with E-state index in [9.17, 15) is 9.59 Å². The SMILES string of the molecule is Cc1cc(Br)c(NC(=O)CSc2nc(=O)cc(N)n2-c2ccc(Cl)cc2)c(Br)c1. The third kappa shape index (κ3) is 5.42. The van der Waals surface area contributed by atoms with Crippen LogP contribution in [-0.2, 0) is 4.79 Å². The van der Waals surface area contributed by atoms with Crippen molar-refractivity contribution < 1.29 is 4.79 Å². The first kappa shape index (κ1) is 21.9. The third-order valence-corrected chi connectivity index (χ3v) is 6.24. The van der Waals surface area contributed by atoms with Gasteiger partial charge in [0.25, 0.3) is 5.56 Å². The summed E-state index contributed by atoms with van der Waals surface area (Å²) in [6.45, 7) is 1.96. The molecule has 0 aliphatic heterocycles. The van der Waals surface area contributed by atoms with E-state index in [-0.39, 0.29) is 17.5 Å². The van der Waals surface area contributed by atoms with Gasteiger partial charge in [0.2, 0.25) is 5.91 Å². The molecule has 3 N–H and O–H groups in total. The number of aryl methyl sites for hydroxylation is 1. The number of carbonyl (C=O) groups is 1. The standard InChI is InChI=1S/C19H15Br2ClN4O2S/c1-10-6-13(20)18(14(21)7-10)24-17(28)9-29-19-25-16(27)8-15(23)26(19)12-4-2-11(22)3-5-12/h2-8H,9,23H2,1H3,(H,24,28). The molecule has 2 aromatic carbocycles. The van der Waals surface area contributed by atoms with Crippen molar-refractivity contribution in [2.75, 3.05) is 16.8 Å². The Hall–Kier alpha value is -1.81. The zero-order chi connectivity index (χ0) is 21.1. The molecule has 0 spiro atoms. The number of nitrogens with one attached hydrogen (secondary N) is 1. The van der Waals surface area contributed by atoms with Gasteiger partial charge in [-0.15, -0.1) is 0 Å². The molecule has 1 aromatic heterocycles. The van der Waals surface area contributed by atoms with Crippen molar-refractivity contribution in [3.63, 3.8) is 0 Å². The molecule has 0 atom stereocenters. The van der Waals surface area contributed by atoms with Gasteiger partial charge in [0.15, 0.2) is 5.16 Å². The molecule has 0 fully saturated rings. The van der Waals surface area contributed by atoms with Gasteiger partial charge in [-0.05, 0) is 80.7 Å². The van der Waals surface area contributed by atoms with Crippen LogP contribution >= 0.6 is 55.2 Å². The van der Waals surface area contributed by atoms with Crippen molar-refractivity contribution in [2.45, 2.75) is 12.1 Å². The fraction of sp³-hybridized carbons (Fsp3) is 0.105. The van der Waals surface area contributed by atoms with Crippen LogP contribution in [0.2, 0.25) is 5.02 Å². The minimum absolute atomic E-state index is 0.0379. The van der Waals surface area contributed by atoms with Gasteiger partial charge in [0.05, 0.1) is 11.4 Å². The highest BCUT2D eigenvalue weighted by Crippen LogP contribution is 2.32. The van der Waals surface area contributed by atoms with Crippen molar-refractivity contribution >= 4 is 72.6 Å². The molecule has 150 valence electrons. The van der Waals surface area contributed by atoms with Crippen molar-refractivity contribution in [2.24, 2.45) is 0 Å². The number of aromatic nitrogens is 2. The van der Waals surface area contributed by atoms with Gasteiger partial charge in [-0.3, -0.25) is 14.2 Å². The molecule has 1 heterocycles. The van der Waals surface area contributed by atoms with Crippen LogP contribution in [0, 0.1) is 6.92 Å². The maximum absolute atomic E-state index is 12.5. The lowest BCUT2D eigenvalue weighted by Gasteiger charge is -2.15. The number of benzene rings is 2. The fourth-order valence-corrected chi connectivity index (χ4v) is 5.12. The summed E-state index contributed by atoms with van der Waals surface area (Å²) in [7, 11) is 0. The molecule has 0 unspecified atom stereocenters. The second-order valence-electron chi connectivity index (χ2n) is 6.05. The summed E-state index contributed by atoms with van der Waals surface area (Å²) >= 11 is 14.0. The minimum atomic E-state index is -0.473. The first-order valence-corrected chi connectivity index (χ1v) is 11.2. The summed E-state index contributed by atoms with van der Waals surface area (Å²) in [4.78, 5) is 28.4. The second kappa shape index (κ2) is 9.34. The molecule has 0 aliphatic carbocycles. The number of anilines is 2. The lowest BCUT2D eigenvalue weighted by molar-refractivity contribution is -0.113. The lowest BCUT2D eigenvalue weighted by atomic mass is 10.2. The lowest BCUT2D eigenvalue weighted by Crippen LogP contribution is -2.19. The quantitative estimate of drug-likeness (QED) is 0.339. The smallest absolute Gasteiger partial charge is 0.275 e. The predicted molar refractivity (Wildman–Crippen MR) is 125 cm³/mol. The van der Waals surface area contributed by atoms with Gasteiger partial charge in [0.1, 0.15) is 5.82 Å². The molecule has 0 saturated carbocycles. The van der Waals surface area contributed by atoms with E-state index in [1.54, 1.807) is 28.8 Å². The van der Waals surface area contributed by atoms with Crippen LogP contribution < -0.4 is 16.6 Å². The number of hydrogen-bond acceptors (Lipinski definition) is 5. The largest absolute Gasteiger partial charge is 0.385 e. The Kier molecular flexibility index (Phi) is 7.05. The number of hydrogen-bond donors (Lipinski definition) is 2. The number of nitrogen functional groups attached to an aromatic ring is 1. The van der Waals surface area contributed by atoms with Gasteiger partial charge < -0.3 is 11.1 Å². The van der Waals surface area contributed by atoms with Gasteiger partial charge in [-0.2, -0.15) is 4.98 Å². The van der Waals surface area contributed by atoms with E-state index in [1.165, 1.54) is 6.07 Å². The van der Waals surface area contributed by atoms with Gasteiger partial charge in [0, 0.05) is 25.7 Å². The number of amides is 1. The summed E-state index contributed by atoms with van der Waals surface area (Å²) in [5.41, 5.74) is 7.94. The summed E-state index contributed by atoms with van der Waals surface area (Å²) in [6.07, 6.45) is 0. The van der Waals surface area contributed by atoms with E-state index in [2.05, 4.69) is 42.2 Å². The van der Waals surface area contributed by atoms with Crippen molar-refractivity contribution in [3.8, 4) is 5.69 Å². The zero-order valence-electron chi connectivity index (χ0n) is 15.1. The molecule has 0 radical (unpaired) electrons. The second-order valence-corrected chi connectivity index (χ2v) is 9.14. The van der Waals surface area contributed by atoms with Crippen LogP contribution in [0.5, 0.6) is 0 Å². The van der Waals surface area contributed by atoms with Crippen LogP contribution in [0.15, 0.2) is 61.4 Å². The number of halogens is 3. The van der Waals surface area contributed by atoms with Crippen molar-refractivity contribution in [1.29, 1.82) is 0 Å². The van der Waals surface area contributed by atoms with E-state index >= 15 is 0 Å². The van der Waals surface area contributed by atoms with Gasteiger partial charge in [-0.1, -0.05) is 23.4 Å². The van der Waals surface area contributed by atoms with E-state index < -0.39 is 5.56 Å². The molecular weight excluding hydrogens is 544 g/mol. The highest BCUT2D eigenvalue weighted by molar-refractivity contribution is 9.11. The summed E-state index contributed by atoms with van der Waals surface area (Å²) in [6, 6.07) is 12.0. The van der Waals surface area contributed by atoms with Crippen molar-refractivity contribution in [1.82, 2.24) is 9.55 Å². The first-order valence-electron chi connectivity index (χ1n) is 8.28. The molecule has 1 amide bonds. The van der Waals surface area contributed by atoms with Gasteiger partial charge in [-0.25, -0.2) is 0 Å². The zero-order valence-corrected chi connectivity index (χ0v) is 19.8. The number of rotatable bonds is 5. The van der Waals surface area contributed by atoms with E-state index in [4.69, 9.17) is 17.3 Å². The maximum atomic E-state index is 12.5. The summed E-state index contributed by atoms with van der Waals surface area (Å²) in [5, 5.41) is 3.74. The van der Waals surface area contributed by atoms with Gasteiger partial charge >= 0.3 is 0 Å². The normalized spacial score (nSPS) is 10.8. The maximum Gasteiger partial charge on any atom is 0.275 e. The average molecular weight is 559 g/mol. The Labute approximate surface area is 193 Å². The topological polar surface area (TPSA) is 90.0 Å².